The number of hydrogen-bond donors (Lipinski definition) is 1. The first-order valence-electron chi connectivity index (χ1n) is 5.65. The second-order valence-corrected chi connectivity index (χ2v) is 4.96. The van der Waals surface area contributed by atoms with Gasteiger partial charge in [0.25, 0.3) is 0 Å². The van der Waals surface area contributed by atoms with E-state index in [0.29, 0.717) is 6.04 Å². The van der Waals surface area contributed by atoms with Crippen LogP contribution in [0.3, 0.4) is 0 Å². The Bertz CT molecular complexity index is 380. The molecule has 88 valence electrons. The fourth-order valence-corrected chi connectivity index (χ4v) is 1.71. The van der Waals surface area contributed by atoms with E-state index in [0.717, 1.165) is 11.6 Å². The Labute approximate surface area is 104 Å². The molecular weight excluding hydrogens is 218 g/mol. The molecule has 0 saturated heterocycles. The minimum atomic E-state index is 0.523. The summed E-state index contributed by atoms with van der Waals surface area (Å²) < 4.78 is 0. The third-order valence-corrected chi connectivity index (χ3v) is 2.66. The van der Waals surface area contributed by atoms with Crippen molar-refractivity contribution in [1.82, 2.24) is 5.32 Å². The van der Waals surface area contributed by atoms with Gasteiger partial charge in [-0.2, -0.15) is 0 Å². The van der Waals surface area contributed by atoms with E-state index >= 15 is 0 Å². The van der Waals surface area contributed by atoms with Gasteiger partial charge in [0.05, 0.1) is 0 Å². The summed E-state index contributed by atoms with van der Waals surface area (Å²) in [5, 5.41) is 4.20. The first-order chi connectivity index (χ1) is 7.49. The summed E-state index contributed by atoms with van der Waals surface area (Å²) in [6, 6.07) is 6.52. The zero-order valence-electron chi connectivity index (χ0n) is 10.5. The summed E-state index contributed by atoms with van der Waals surface area (Å²) in [5.74, 6) is 0. The second-order valence-electron chi connectivity index (χ2n) is 4.53. The van der Waals surface area contributed by atoms with Crippen LogP contribution in [-0.4, -0.2) is 12.6 Å². The zero-order chi connectivity index (χ0) is 12.1. The molecular formula is C14H20ClN. The molecule has 0 unspecified atom stereocenters. The van der Waals surface area contributed by atoms with Crippen LogP contribution in [0.1, 0.15) is 31.9 Å². The van der Waals surface area contributed by atoms with E-state index in [1.165, 1.54) is 16.7 Å². The van der Waals surface area contributed by atoms with Gasteiger partial charge >= 0.3 is 0 Å². The van der Waals surface area contributed by atoms with Gasteiger partial charge in [0.2, 0.25) is 0 Å². The molecule has 0 aliphatic carbocycles. The number of nitrogens with one attached hydrogen (secondary N) is 1. The number of hydrogen-bond acceptors (Lipinski definition) is 1. The average Bonchev–Trinajstić information content (AvgIpc) is 2.19. The minimum absolute atomic E-state index is 0.523. The number of halogens is 1. The summed E-state index contributed by atoms with van der Waals surface area (Å²) in [7, 11) is 0. The first kappa shape index (κ1) is 13.3. The lowest BCUT2D eigenvalue weighted by Crippen LogP contribution is -2.24. The maximum Gasteiger partial charge on any atom is 0.0409 e. The monoisotopic (exact) mass is 237 g/mol. The van der Waals surface area contributed by atoms with Crippen LogP contribution in [0.4, 0.5) is 0 Å². The molecule has 0 atom stereocenters. The lowest BCUT2D eigenvalue weighted by atomic mass is 10.1. The van der Waals surface area contributed by atoms with Crippen LogP contribution in [0.15, 0.2) is 23.8 Å². The van der Waals surface area contributed by atoms with Crippen LogP contribution in [0, 0.1) is 6.92 Å². The Kier molecular flexibility index (Phi) is 5.04. The summed E-state index contributed by atoms with van der Waals surface area (Å²) in [4.78, 5) is 0. The Morgan fingerprint density at radius 2 is 2.12 bits per heavy atom. The summed E-state index contributed by atoms with van der Waals surface area (Å²) in [6.45, 7) is 9.46. The molecule has 0 aliphatic rings. The lowest BCUT2D eigenvalue weighted by Gasteiger charge is -2.09. The van der Waals surface area contributed by atoms with Gasteiger partial charge in [-0.1, -0.05) is 43.2 Å². The molecule has 0 fully saturated rings. The third-order valence-electron chi connectivity index (χ3n) is 2.42. The van der Waals surface area contributed by atoms with Gasteiger partial charge in [0, 0.05) is 17.6 Å². The SMILES string of the molecule is C/C(=C\c1ccc(Cl)cc1C)CNC(C)C. The van der Waals surface area contributed by atoms with Gasteiger partial charge in [0.1, 0.15) is 0 Å². The molecule has 0 amide bonds. The van der Waals surface area contributed by atoms with Crippen molar-refractivity contribution in [2.24, 2.45) is 0 Å². The Morgan fingerprint density at radius 1 is 1.44 bits per heavy atom. The highest BCUT2D eigenvalue weighted by Gasteiger charge is 1.98. The molecule has 1 nitrogen and oxygen atoms in total. The van der Waals surface area contributed by atoms with Crippen molar-refractivity contribution in [2.75, 3.05) is 6.54 Å². The largest absolute Gasteiger partial charge is 0.311 e. The lowest BCUT2D eigenvalue weighted by molar-refractivity contribution is 0.623. The molecule has 0 aliphatic heterocycles. The van der Waals surface area contributed by atoms with E-state index in [9.17, 15) is 0 Å². The molecule has 0 bridgehead atoms. The number of aryl methyl sites for hydroxylation is 1. The standard InChI is InChI=1S/C14H20ClN/c1-10(2)16-9-11(3)7-13-5-6-14(15)8-12(13)4/h5-8,10,16H,9H2,1-4H3/b11-7+. The van der Waals surface area contributed by atoms with Crippen LogP contribution in [0.5, 0.6) is 0 Å². The molecule has 0 heterocycles. The maximum absolute atomic E-state index is 5.92. The molecule has 2 heteroatoms. The van der Waals surface area contributed by atoms with Crippen LogP contribution in [0.25, 0.3) is 6.08 Å². The van der Waals surface area contributed by atoms with E-state index in [1.807, 2.05) is 12.1 Å². The van der Waals surface area contributed by atoms with Crippen molar-refractivity contribution in [3.8, 4) is 0 Å². The smallest absolute Gasteiger partial charge is 0.0409 e. The highest BCUT2D eigenvalue weighted by Crippen LogP contribution is 2.17. The highest BCUT2D eigenvalue weighted by molar-refractivity contribution is 6.30. The van der Waals surface area contributed by atoms with E-state index in [1.54, 1.807) is 0 Å². The molecule has 16 heavy (non-hydrogen) atoms. The van der Waals surface area contributed by atoms with Crippen molar-refractivity contribution in [3.63, 3.8) is 0 Å². The summed E-state index contributed by atoms with van der Waals surface area (Å²) in [5.41, 5.74) is 3.79. The normalized spacial score (nSPS) is 12.2. The molecule has 1 rings (SSSR count). The number of benzene rings is 1. The quantitative estimate of drug-likeness (QED) is 0.833. The van der Waals surface area contributed by atoms with Gasteiger partial charge in [0.15, 0.2) is 0 Å². The Morgan fingerprint density at radius 3 is 2.69 bits per heavy atom. The topological polar surface area (TPSA) is 12.0 Å². The maximum atomic E-state index is 5.92. The predicted molar refractivity (Wildman–Crippen MR) is 73.0 cm³/mol. The van der Waals surface area contributed by atoms with Gasteiger partial charge < -0.3 is 5.32 Å². The molecule has 1 aromatic rings. The van der Waals surface area contributed by atoms with Crippen LogP contribution >= 0.6 is 11.6 Å². The van der Waals surface area contributed by atoms with Gasteiger partial charge in [-0.3, -0.25) is 0 Å². The van der Waals surface area contributed by atoms with Crippen molar-refractivity contribution in [1.29, 1.82) is 0 Å². The molecule has 0 radical (unpaired) electrons. The van der Waals surface area contributed by atoms with E-state index in [-0.39, 0.29) is 0 Å². The molecule has 0 saturated carbocycles. The minimum Gasteiger partial charge on any atom is -0.311 e. The summed E-state index contributed by atoms with van der Waals surface area (Å²) in [6.07, 6.45) is 2.21. The van der Waals surface area contributed by atoms with Crippen molar-refractivity contribution in [3.05, 3.63) is 39.9 Å². The van der Waals surface area contributed by atoms with E-state index in [4.69, 9.17) is 11.6 Å². The van der Waals surface area contributed by atoms with Crippen LogP contribution in [0.2, 0.25) is 5.02 Å². The third kappa shape index (κ3) is 4.38. The van der Waals surface area contributed by atoms with Gasteiger partial charge in [-0.05, 0) is 37.1 Å². The van der Waals surface area contributed by atoms with Crippen molar-refractivity contribution < 1.29 is 0 Å². The summed E-state index contributed by atoms with van der Waals surface area (Å²) >= 11 is 5.92. The van der Waals surface area contributed by atoms with E-state index in [2.05, 4.69) is 45.2 Å². The first-order valence-corrected chi connectivity index (χ1v) is 6.03. The predicted octanol–water partition coefficient (Wildman–Crippen LogP) is 4.05. The average molecular weight is 238 g/mol. The second kappa shape index (κ2) is 6.07. The Balaban J connectivity index is 2.74. The molecule has 1 N–H and O–H groups in total. The van der Waals surface area contributed by atoms with Crippen LogP contribution in [-0.2, 0) is 0 Å². The van der Waals surface area contributed by atoms with Gasteiger partial charge in [-0.25, -0.2) is 0 Å². The fraction of sp³-hybridized carbons (Fsp3) is 0.429. The van der Waals surface area contributed by atoms with Crippen molar-refractivity contribution >= 4 is 17.7 Å². The fourth-order valence-electron chi connectivity index (χ4n) is 1.48. The number of rotatable bonds is 4. The Hall–Kier alpha value is -0.790. The molecule has 1 aromatic carbocycles. The van der Waals surface area contributed by atoms with Gasteiger partial charge in [-0.15, -0.1) is 0 Å². The molecule has 0 spiro atoms. The highest BCUT2D eigenvalue weighted by atomic mass is 35.5. The molecule has 0 aromatic heterocycles. The zero-order valence-corrected chi connectivity index (χ0v) is 11.2. The van der Waals surface area contributed by atoms with E-state index < -0.39 is 0 Å². The van der Waals surface area contributed by atoms with Crippen LogP contribution < -0.4 is 5.32 Å². The van der Waals surface area contributed by atoms with Crippen molar-refractivity contribution in [2.45, 2.75) is 33.7 Å².